The van der Waals surface area contributed by atoms with E-state index in [0.717, 1.165) is 5.69 Å². The lowest BCUT2D eigenvalue weighted by Gasteiger charge is -2.11. The number of pyridine rings is 1. The standard InChI is InChI=1S/C10H10FN3S/c1-7(8-5-15-6-12-8)13-10-4-2-3-9(11)14-10/h2-7H,1H3,(H,13,14). The predicted molar refractivity (Wildman–Crippen MR) is 58.3 cm³/mol. The number of hydrogen-bond donors (Lipinski definition) is 1. The molecule has 2 rings (SSSR count). The van der Waals surface area contributed by atoms with Gasteiger partial charge in [0.15, 0.2) is 0 Å². The summed E-state index contributed by atoms with van der Waals surface area (Å²) < 4.78 is 12.8. The highest BCUT2D eigenvalue weighted by Crippen LogP contribution is 2.17. The lowest BCUT2D eigenvalue weighted by molar-refractivity contribution is 0.584. The van der Waals surface area contributed by atoms with E-state index in [1.54, 1.807) is 17.6 Å². The number of nitrogens with zero attached hydrogens (tertiary/aromatic N) is 2. The molecule has 0 aliphatic carbocycles. The summed E-state index contributed by atoms with van der Waals surface area (Å²) >= 11 is 1.54. The number of hydrogen-bond acceptors (Lipinski definition) is 4. The zero-order valence-electron chi connectivity index (χ0n) is 8.14. The van der Waals surface area contributed by atoms with Crippen LogP contribution in [0.5, 0.6) is 0 Å². The first-order valence-corrected chi connectivity index (χ1v) is 5.47. The molecule has 2 aromatic rings. The van der Waals surface area contributed by atoms with Crippen LogP contribution < -0.4 is 5.32 Å². The molecule has 15 heavy (non-hydrogen) atoms. The Bertz CT molecular complexity index is 430. The Hall–Kier alpha value is -1.49. The highest BCUT2D eigenvalue weighted by molar-refractivity contribution is 7.07. The molecular formula is C10H10FN3S. The zero-order valence-corrected chi connectivity index (χ0v) is 8.96. The fraction of sp³-hybridized carbons (Fsp3) is 0.200. The minimum atomic E-state index is -0.481. The molecule has 5 heteroatoms. The summed E-state index contributed by atoms with van der Waals surface area (Å²) in [5, 5.41) is 5.03. The molecule has 0 bridgehead atoms. The maximum Gasteiger partial charge on any atom is 0.214 e. The summed E-state index contributed by atoms with van der Waals surface area (Å²) in [7, 11) is 0. The smallest absolute Gasteiger partial charge is 0.214 e. The summed E-state index contributed by atoms with van der Waals surface area (Å²) in [6.07, 6.45) is 0. The highest BCUT2D eigenvalue weighted by atomic mass is 32.1. The van der Waals surface area contributed by atoms with Crippen molar-refractivity contribution in [3.8, 4) is 0 Å². The third-order valence-electron chi connectivity index (χ3n) is 1.97. The summed E-state index contributed by atoms with van der Waals surface area (Å²) in [4.78, 5) is 7.89. The van der Waals surface area contributed by atoms with Gasteiger partial charge in [-0.3, -0.25) is 0 Å². The Morgan fingerprint density at radius 3 is 3.00 bits per heavy atom. The van der Waals surface area contributed by atoms with Gasteiger partial charge in [0.2, 0.25) is 5.95 Å². The van der Waals surface area contributed by atoms with E-state index in [9.17, 15) is 4.39 Å². The minimum absolute atomic E-state index is 0.0329. The molecule has 0 spiro atoms. The van der Waals surface area contributed by atoms with Gasteiger partial charge in [0.1, 0.15) is 5.82 Å². The van der Waals surface area contributed by atoms with Crippen LogP contribution in [0.2, 0.25) is 0 Å². The van der Waals surface area contributed by atoms with Gasteiger partial charge in [-0.2, -0.15) is 4.39 Å². The van der Waals surface area contributed by atoms with Crippen molar-refractivity contribution in [3.63, 3.8) is 0 Å². The van der Waals surface area contributed by atoms with Gasteiger partial charge in [0.05, 0.1) is 17.2 Å². The maximum atomic E-state index is 12.8. The lowest BCUT2D eigenvalue weighted by atomic mass is 10.2. The van der Waals surface area contributed by atoms with E-state index in [1.165, 1.54) is 17.4 Å². The Kier molecular flexibility index (Phi) is 2.91. The van der Waals surface area contributed by atoms with Crippen LogP contribution in [0.15, 0.2) is 29.1 Å². The van der Waals surface area contributed by atoms with Crippen molar-refractivity contribution in [2.75, 3.05) is 5.32 Å². The maximum absolute atomic E-state index is 12.8. The van der Waals surface area contributed by atoms with Gasteiger partial charge in [0.25, 0.3) is 0 Å². The average molecular weight is 223 g/mol. The van der Waals surface area contributed by atoms with Crippen molar-refractivity contribution in [1.82, 2.24) is 9.97 Å². The highest BCUT2D eigenvalue weighted by Gasteiger charge is 2.07. The summed E-state index contributed by atoms with van der Waals surface area (Å²) in [5.74, 6) is 0.0426. The van der Waals surface area contributed by atoms with Crippen LogP contribution in [0.25, 0.3) is 0 Å². The Morgan fingerprint density at radius 1 is 1.47 bits per heavy atom. The van der Waals surface area contributed by atoms with E-state index in [1.807, 2.05) is 12.3 Å². The van der Waals surface area contributed by atoms with Crippen LogP contribution in [0.3, 0.4) is 0 Å². The summed E-state index contributed by atoms with van der Waals surface area (Å²) in [5.41, 5.74) is 2.71. The van der Waals surface area contributed by atoms with Crippen LogP contribution in [0, 0.1) is 5.95 Å². The molecule has 2 heterocycles. The predicted octanol–water partition coefficient (Wildman–Crippen LogP) is 2.85. The number of thiazole rings is 1. The van der Waals surface area contributed by atoms with Crippen LogP contribution in [0.4, 0.5) is 10.2 Å². The number of halogens is 1. The molecule has 0 aliphatic rings. The molecule has 0 aromatic carbocycles. The van der Waals surface area contributed by atoms with E-state index < -0.39 is 5.95 Å². The second kappa shape index (κ2) is 4.35. The molecular weight excluding hydrogens is 213 g/mol. The largest absolute Gasteiger partial charge is 0.362 e. The fourth-order valence-electron chi connectivity index (χ4n) is 1.22. The van der Waals surface area contributed by atoms with Gasteiger partial charge in [-0.15, -0.1) is 11.3 Å². The monoisotopic (exact) mass is 223 g/mol. The van der Waals surface area contributed by atoms with Crippen LogP contribution >= 0.6 is 11.3 Å². The van der Waals surface area contributed by atoms with Gasteiger partial charge in [0, 0.05) is 5.38 Å². The first kappa shape index (κ1) is 10.0. The Balaban J connectivity index is 2.09. The van der Waals surface area contributed by atoms with Gasteiger partial charge < -0.3 is 5.32 Å². The third kappa shape index (κ3) is 2.50. The number of anilines is 1. The van der Waals surface area contributed by atoms with E-state index in [-0.39, 0.29) is 6.04 Å². The van der Waals surface area contributed by atoms with E-state index in [0.29, 0.717) is 5.82 Å². The first-order valence-electron chi connectivity index (χ1n) is 4.53. The molecule has 0 amide bonds. The topological polar surface area (TPSA) is 37.8 Å². The Labute approximate surface area is 91.0 Å². The van der Waals surface area contributed by atoms with Crippen molar-refractivity contribution < 1.29 is 4.39 Å². The number of rotatable bonds is 3. The molecule has 2 aromatic heterocycles. The van der Waals surface area contributed by atoms with E-state index in [2.05, 4.69) is 15.3 Å². The van der Waals surface area contributed by atoms with Crippen LogP contribution in [0.1, 0.15) is 18.7 Å². The van der Waals surface area contributed by atoms with Gasteiger partial charge >= 0.3 is 0 Å². The molecule has 0 saturated carbocycles. The van der Waals surface area contributed by atoms with Gasteiger partial charge in [-0.25, -0.2) is 9.97 Å². The Morgan fingerprint density at radius 2 is 2.33 bits per heavy atom. The van der Waals surface area contributed by atoms with Crippen molar-refractivity contribution >= 4 is 17.2 Å². The van der Waals surface area contributed by atoms with Crippen LogP contribution in [-0.4, -0.2) is 9.97 Å². The molecule has 78 valence electrons. The number of aromatic nitrogens is 2. The van der Waals surface area contributed by atoms with Crippen molar-refractivity contribution in [3.05, 3.63) is 40.7 Å². The molecule has 3 nitrogen and oxygen atoms in total. The van der Waals surface area contributed by atoms with Gasteiger partial charge in [-0.05, 0) is 19.1 Å². The molecule has 0 fully saturated rings. The molecule has 1 N–H and O–H groups in total. The quantitative estimate of drug-likeness (QED) is 0.813. The molecule has 0 saturated heterocycles. The van der Waals surface area contributed by atoms with Crippen molar-refractivity contribution in [2.45, 2.75) is 13.0 Å². The fourth-order valence-corrected chi connectivity index (χ4v) is 1.87. The second-order valence-corrected chi connectivity index (χ2v) is 3.84. The molecule has 0 aliphatic heterocycles. The zero-order chi connectivity index (χ0) is 10.7. The summed E-state index contributed by atoms with van der Waals surface area (Å²) in [6.45, 7) is 1.96. The molecule has 1 unspecified atom stereocenters. The van der Waals surface area contributed by atoms with Crippen molar-refractivity contribution in [1.29, 1.82) is 0 Å². The average Bonchev–Trinajstić information content (AvgIpc) is 2.70. The second-order valence-electron chi connectivity index (χ2n) is 3.12. The van der Waals surface area contributed by atoms with Gasteiger partial charge in [-0.1, -0.05) is 6.07 Å². The minimum Gasteiger partial charge on any atom is -0.362 e. The first-order chi connectivity index (χ1) is 7.25. The van der Waals surface area contributed by atoms with E-state index >= 15 is 0 Å². The lowest BCUT2D eigenvalue weighted by Crippen LogP contribution is -2.08. The normalized spacial score (nSPS) is 12.4. The third-order valence-corrected chi connectivity index (χ3v) is 2.58. The summed E-state index contributed by atoms with van der Waals surface area (Å²) in [6, 6.07) is 4.70. The van der Waals surface area contributed by atoms with Crippen LogP contribution in [-0.2, 0) is 0 Å². The van der Waals surface area contributed by atoms with E-state index in [4.69, 9.17) is 0 Å². The SMILES string of the molecule is CC(Nc1cccc(F)n1)c1cscn1. The van der Waals surface area contributed by atoms with Crippen molar-refractivity contribution in [2.24, 2.45) is 0 Å². The molecule has 0 radical (unpaired) electrons. The molecule has 1 atom stereocenters. The number of nitrogens with one attached hydrogen (secondary N) is 1.